The largest absolute Gasteiger partial charge is 0.496 e. The fraction of sp³-hybridized carbons (Fsp3) is 0.235. The van der Waals surface area contributed by atoms with Gasteiger partial charge in [-0.15, -0.1) is 0 Å². The summed E-state index contributed by atoms with van der Waals surface area (Å²) in [6.45, 7) is 0.574. The van der Waals surface area contributed by atoms with E-state index in [0.29, 0.717) is 18.6 Å². The average molecular weight is 347 g/mol. The van der Waals surface area contributed by atoms with Crippen LogP contribution in [0.25, 0.3) is 0 Å². The predicted octanol–water partition coefficient (Wildman–Crippen LogP) is 4.21. The van der Waals surface area contributed by atoms with Gasteiger partial charge in [0.15, 0.2) is 5.78 Å². The van der Waals surface area contributed by atoms with E-state index in [0.717, 1.165) is 21.5 Å². The van der Waals surface area contributed by atoms with Crippen LogP contribution in [0.15, 0.2) is 46.9 Å². The monoisotopic (exact) mass is 346 g/mol. The standard InChI is InChI=1S/C17H15BrO3/c1-20-16-7-6-11(10-14(16)18)17(19)13-8-9-21-15-5-3-2-4-12(13)15/h2-7,10,13H,8-9H2,1H3. The number of ketones is 1. The number of ether oxygens (including phenoxy) is 2. The Morgan fingerprint density at radius 2 is 2.10 bits per heavy atom. The molecule has 3 rings (SSSR count). The molecule has 1 aliphatic heterocycles. The number of hydrogen-bond donors (Lipinski definition) is 0. The number of rotatable bonds is 3. The maximum Gasteiger partial charge on any atom is 0.170 e. The third-order valence-corrected chi connectivity index (χ3v) is 4.33. The normalized spacial score (nSPS) is 16.8. The van der Waals surface area contributed by atoms with Gasteiger partial charge in [-0.05, 0) is 46.6 Å². The fourth-order valence-corrected chi connectivity index (χ4v) is 3.18. The fourth-order valence-electron chi connectivity index (χ4n) is 2.64. The first-order valence-corrected chi connectivity index (χ1v) is 7.59. The van der Waals surface area contributed by atoms with Crippen LogP contribution < -0.4 is 9.47 Å². The number of fused-ring (bicyclic) bond motifs is 1. The van der Waals surface area contributed by atoms with Crippen molar-refractivity contribution < 1.29 is 14.3 Å². The molecule has 4 heteroatoms. The van der Waals surface area contributed by atoms with E-state index >= 15 is 0 Å². The summed E-state index contributed by atoms with van der Waals surface area (Å²) in [4.78, 5) is 12.8. The molecule has 0 amide bonds. The molecule has 0 spiro atoms. The van der Waals surface area contributed by atoms with E-state index in [-0.39, 0.29) is 11.7 Å². The topological polar surface area (TPSA) is 35.5 Å². The molecular weight excluding hydrogens is 332 g/mol. The van der Waals surface area contributed by atoms with Crippen molar-refractivity contribution in [2.75, 3.05) is 13.7 Å². The molecule has 0 bridgehead atoms. The maximum absolute atomic E-state index is 12.8. The zero-order chi connectivity index (χ0) is 14.8. The van der Waals surface area contributed by atoms with Gasteiger partial charge in [-0.1, -0.05) is 18.2 Å². The van der Waals surface area contributed by atoms with Crippen LogP contribution in [-0.4, -0.2) is 19.5 Å². The number of carbonyl (C=O) groups excluding carboxylic acids is 1. The maximum atomic E-state index is 12.8. The van der Waals surface area contributed by atoms with E-state index in [1.165, 1.54) is 0 Å². The SMILES string of the molecule is COc1ccc(C(=O)C2CCOc3ccccc32)cc1Br. The molecule has 0 radical (unpaired) electrons. The van der Waals surface area contributed by atoms with E-state index in [1.54, 1.807) is 7.11 Å². The Balaban J connectivity index is 1.95. The summed E-state index contributed by atoms with van der Waals surface area (Å²) in [6, 6.07) is 13.2. The number of benzene rings is 2. The molecule has 2 aromatic carbocycles. The Morgan fingerprint density at radius 3 is 2.86 bits per heavy atom. The van der Waals surface area contributed by atoms with Crippen molar-refractivity contribution in [2.45, 2.75) is 12.3 Å². The lowest BCUT2D eigenvalue weighted by molar-refractivity contribution is 0.0933. The quantitative estimate of drug-likeness (QED) is 0.781. The van der Waals surface area contributed by atoms with E-state index in [2.05, 4.69) is 15.9 Å². The summed E-state index contributed by atoms with van der Waals surface area (Å²) in [5.74, 6) is 1.51. The second-order valence-corrected chi connectivity index (χ2v) is 5.80. The number of carbonyl (C=O) groups is 1. The van der Waals surface area contributed by atoms with Crippen molar-refractivity contribution in [3.8, 4) is 11.5 Å². The summed E-state index contributed by atoms with van der Waals surface area (Å²) >= 11 is 3.43. The highest BCUT2D eigenvalue weighted by atomic mass is 79.9. The number of halogens is 1. The Morgan fingerprint density at radius 1 is 1.29 bits per heavy atom. The van der Waals surface area contributed by atoms with E-state index in [1.807, 2.05) is 42.5 Å². The van der Waals surface area contributed by atoms with Crippen molar-refractivity contribution in [3.63, 3.8) is 0 Å². The number of methoxy groups -OCH3 is 1. The second-order valence-electron chi connectivity index (χ2n) is 4.94. The van der Waals surface area contributed by atoms with Gasteiger partial charge in [0.05, 0.1) is 24.1 Å². The van der Waals surface area contributed by atoms with Crippen LogP contribution in [0.3, 0.4) is 0 Å². The molecule has 0 N–H and O–H groups in total. The smallest absolute Gasteiger partial charge is 0.170 e. The van der Waals surface area contributed by atoms with Crippen LogP contribution in [0.1, 0.15) is 28.3 Å². The molecule has 0 saturated carbocycles. The van der Waals surface area contributed by atoms with Gasteiger partial charge in [0.2, 0.25) is 0 Å². The molecular formula is C17H15BrO3. The molecule has 0 fully saturated rings. The molecule has 2 aromatic rings. The van der Waals surface area contributed by atoms with Crippen LogP contribution in [0, 0.1) is 0 Å². The van der Waals surface area contributed by atoms with Gasteiger partial charge in [-0.2, -0.15) is 0 Å². The van der Waals surface area contributed by atoms with Crippen molar-refractivity contribution >= 4 is 21.7 Å². The molecule has 0 aliphatic carbocycles. The Kier molecular flexibility index (Phi) is 3.97. The van der Waals surface area contributed by atoms with E-state index in [9.17, 15) is 4.79 Å². The van der Waals surface area contributed by atoms with Crippen LogP contribution >= 0.6 is 15.9 Å². The first kappa shape index (κ1) is 14.1. The van der Waals surface area contributed by atoms with Gasteiger partial charge in [-0.3, -0.25) is 4.79 Å². The summed E-state index contributed by atoms with van der Waals surface area (Å²) in [7, 11) is 1.61. The molecule has 0 aromatic heterocycles. The highest BCUT2D eigenvalue weighted by Crippen LogP contribution is 2.36. The van der Waals surface area contributed by atoms with Crippen molar-refractivity contribution in [1.29, 1.82) is 0 Å². The van der Waals surface area contributed by atoms with Crippen molar-refractivity contribution in [1.82, 2.24) is 0 Å². The molecule has 3 nitrogen and oxygen atoms in total. The van der Waals surface area contributed by atoms with Gasteiger partial charge in [0.1, 0.15) is 11.5 Å². The second kappa shape index (κ2) is 5.90. The zero-order valence-corrected chi connectivity index (χ0v) is 13.2. The molecule has 1 aliphatic rings. The molecule has 1 unspecified atom stereocenters. The minimum atomic E-state index is -0.143. The number of Topliss-reactive ketones (excluding diaryl/α,β-unsaturated/α-hetero) is 1. The Hall–Kier alpha value is -1.81. The molecule has 108 valence electrons. The predicted molar refractivity (Wildman–Crippen MR) is 84.3 cm³/mol. The molecule has 21 heavy (non-hydrogen) atoms. The number of para-hydroxylation sites is 1. The first-order valence-electron chi connectivity index (χ1n) is 6.80. The van der Waals surface area contributed by atoms with Crippen LogP contribution in [0.4, 0.5) is 0 Å². The summed E-state index contributed by atoms with van der Waals surface area (Å²) in [6.07, 6.45) is 0.708. The van der Waals surface area contributed by atoms with Gasteiger partial charge in [0.25, 0.3) is 0 Å². The third kappa shape index (κ3) is 2.68. The lowest BCUT2D eigenvalue weighted by atomic mass is 9.86. The van der Waals surface area contributed by atoms with Gasteiger partial charge >= 0.3 is 0 Å². The number of hydrogen-bond acceptors (Lipinski definition) is 3. The molecule has 0 saturated heterocycles. The first-order chi connectivity index (χ1) is 10.2. The van der Waals surface area contributed by atoms with Gasteiger partial charge in [-0.25, -0.2) is 0 Å². The van der Waals surface area contributed by atoms with E-state index < -0.39 is 0 Å². The van der Waals surface area contributed by atoms with Crippen LogP contribution in [0.2, 0.25) is 0 Å². The highest BCUT2D eigenvalue weighted by molar-refractivity contribution is 9.10. The van der Waals surface area contributed by atoms with Gasteiger partial charge < -0.3 is 9.47 Å². The minimum Gasteiger partial charge on any atom is -0.496 e. The Labute approximate surface area is 132 Å². The van der Waals surface area contributed by atoms with Crippen LogP contribution in [-0.2, 0) is 0 Å². The van der Waals surface area contributed by atoms with Gasteiger partial charge in [0, 0.05) is 11.1 Å². The van der Waals surface area contributed by atoms with E-state index in [4.69, 9.17) is 9.47 Å². The minimum absolute atomic E-state index is 0.120. The van der Waals surface area contributed by atoms with Crippen molar-refractivity contribution in [3.05, 3.63) is 58.1 Å². The summed E-state index contributed by atoms with van der Waals surface area (Å²) in [5, 5.41) is 0. The average Bonchev–Trinajstić information content (AvgIpc) is 2.53. The summed E-state index contributed by atoms with van der Waals surface area (Å²) in [5.41, 5.74) is 1.66. The van der Waals surface area contributed by atoms with Crippen LogP contribution in [0.5, 0.6) is 11.5 Å². The molecule has 1 heterocycles. The zero-order valence-electron chi connectivity index (χ0n) is 11.6. The summed E-state index contributed by atoms with van der Waals surface area (Å²) < 4.78 is 11.6. The third-order valence-electron chi connectivity index (χ3n) is 3.71. The Bertz CT molecular complexity index is 681. The van der Waals surface area contributed by atoms with Crippen molar-refractivity contribution in [2.24, 2.45) is 0 Å². The highest BCUT2D eigenvalue weighted by Gasteiger charge is 2.28. The molecule has 1 atom stereocenters. The lowest BCUT2D eigenvalue weighted by Crippen LogP contribution is -2.21. The lowest BCUT2D eigenvalue weighted by Gasteiger charge is -2.25.